The lowest BCUT2D eigenvalue weighted by Gasteiger charge is -2.15. The van der Waals surface area contributed by atoms with Gasteiger partial charge in [-0.25, -0.2) is 9.59 Å². The second kappa shape index (κ2) is 14.8. The lowest BCUT2D eigenvalue weighted by atomic mass is 10.0. The van der Waals surface area contributed by atoms with Crippen LogP contribution in [0, 0.1) is 0 Å². The van der Waals surface area contributed by atoms with Gasteiger partial charge in [0.25, 0.3) is 0 Å². The molecule has 0 aliphatic heterocycles. The number of thiazole rings is 1. The number of nitrogens with one attached hydrogen (secondary N) is 1. The van der Waals surface area contributed by atoms with E-state index in [1.807, 2.05) is 55.5 Å². The van der Waals surface area contributed by atoms with Gasteiger partial charge in [0.2, 0.25) is 0 Å². The van der Waals surface area contributed by atoms with Gasteiger partial charge >= 0.3 is 16.9 Å². The number of hydrogen-bond donors (Lipinski definition) is 2. The summed E-state index contributed by atoms with van der Waals surface area (Å²) in [4.78, 5) is 41.3. The molecular weight excluding hydrogens is 558 g/mol. The second-order valence-corrected chi connectivity index (χ2v) is 10.4. The smallest absolute Gasteiger partial charge is 0.407 e. The van der Waals surface area contributed by atoms with Crippen molar-refractivity contribution >= 4 is 39.3 Å². The first kappa shape index (κ1) is 30.3. The summed E-state index contributed by atoms with van der Waals surface area (Å²) in [6, 6.07) is 21.3. The number of carbonyl (C=O) groups is 2. The SMILES string of the molecule is CCCCOC(=O)NC(Cc1ccc(OCCn2c(=O)sc3cc(C(=NOC)c4ccccc4)ccc32)cc1)C(=O)O. The van der Waals surface area contributed by atoms with E-state index in [4.69, 9.17) is 14.3 Å². The van der Waals surface area contributed by atoms with Gasteiger partial charge in [-0.1, -0.05) is 78.4 Å². The Balaban J connectivity index is 1.36. The van der Waals surface area contributed by atoms with E-state index >= 15 is 0 Å². The molecule has 0 radical (unpaired) electrons. The molecule has 10 nitrogen and oxygen atoms in total. The average molecular weight is 592 g/mol. The molecule has 220 valence electrons. The number of hydrogen-bond acceptors (Lipinski definition) is 8. The summed E-state index contributed by atoms with van der Waals surface area (Å²) >= 11 is 1.16. The number of carboxylic acid groups (broad SMARTS) is 1. The first-order valence-electron chi connectivity index (χ1n) is 13.6. The van der Waals surface area contributed by atoms with Crippen LogP contribution in [0.15, 0.2) is 82.7 Å². The van der Waals surface area contributed by atoms with E-state index in [-0.39, 0.29) is 24.5 Å². The number of amides is 1. The predicted octanol–water partition coefficient (Wildman–Crippen LogP) is 5.06. The van der Waals surface area contributed by atoms with Gasteiger partial charge in [0.05, 0.1) is 23.4 Å². The summed E-state index contributed by atoms with van der Waals surface area (Å²) in [7, 11) is 1.50. The quantitative estimate of drug-likeness (QED) is 0.119. The Kier molecular flexibility index (Phi) is 10.7. The number of oxime groups is 1. The Morgan fingerprint density at radius 1 is 1.02 bits per heavy atom. The highest BCUT2D eigenvalue weighted by Gasteiger charge is 2.21. The zero-order valence-corrected chi connectivity index (χ0v) is 24.3. The molecule has 1 unspecified atom stereocenters. The Bertz CT molecular complexity index is 1580. The van der Waals surface area contributed by atoms with Crippen LogP contribution in [0.3, 0.4) is 0 Å². The van der Waals surface area contributed by atoms with Gasteiger partial charge in [0.1, 0.15) is 31.2 Å². The van der Waals surface area contributed by atoms with Crippen molar-refractivity contribution in [3.63, 3.8) is 0 Å². The van der Waals surface area contributed by atoms with Gasteiger partial charge in [-0.2, -0.15) is 0 Å². The zero-order chi connectivity index (χ0) is 29.9. The van der Waals surface area contributed by atoms with Gasteiger partial charge < -0.3 is 24.7 Å². The summed E-state index contributed by atoms with van der Waals surface area (Å²) in [5, 5.41) is 16.1. The van der Waals surface area contributed by atoms with Crippen LogP contribution in [0.25, 0.3) is 10.2 Å². The van der Waals surface area contributed by atoms with Gasteiger partial charge in [0, 0.05) is 17.5 Å². The normalized spacial score (nSPS) is 12.1. The van der Waals surface area contributed by atoms with Crippen LogP contribution in [0.1, 0.15) is 36.5 Å². The van der Waals surface area contributed by atoms with Crippen molar-refractivity contribution in [3.05, 3.63) is 99.2 Å². The zero-order valence-electron chi connectivity index (χ0n) is 23.4. The molecule has 42 heavy (non-hydrogen) atoms. The molecule has 0 saturated carbocycles. The minimum absolute atomic E-state index is 0.0912. The van der Waals surface area contributed by atoms with Crippen molar-refractivity contribution in [2.45, 2.75) is 38.8 Å². The highest BCUT2D eigenvalue weighted by atomic mass is 32.1. The number of rotatable bonds is 14. The van der Waals surface area contributed by atoms with E-state index in [1.54, 1.807) is 28.8 Å². The molecule has 2 N–H and O–H groups in total. The third kappa shape index (κ3) is 7.97. The van der Waals surface area contributed by atoms with Gasteiger partial charge in [-0.05, 0) is 36.2 Å². The van der Waals surface area contributed by atoms with Crippen LogP contribution in [-0.4, -0.2) is 53.8 Å². The topological polar surface area (TPSA) is 128 Å². The van der Waals surface area contributed by atoms with E-state index in [0.717, 1.165) is 39.1 Å². The summed E-state index contributed by atoms with van der Waals surface area (Å²) in [6.45, 7) is 2.82. The van der Waals surface area contributed by atoms with Crippen molar-refractivity contribution in [1.29, 1.82) is 0 Å². The van der Waals surface area contributed by atoms with Crippen molar-refractivity contribution in [1.82, 2.24) is 9.88 Å². The number of fused-ring (bicyclic) bond motifs is 1. The summed E-state index contributed by atoms with van der Waals surface area (Å²) in [5.41, 5.74) is 3.94. The molecule has 11 heteroatoms. The highest BCUT2D eigenvalue weighted by Crippen LogP contribution is 2.22. The number of carbonyl (C=O) groups excluding carboxylic acids is 1. The number of nitrogens with zero attached hydrogens (tertiary/aromatic N) is 2. The van der Waals surface area contributed by atoms with Crippen LogP contribution in [0.2, 0.25) is 0 Å². The fourth-order valence-corrected chi connectivity index (χ4v) is 5.25. The molecule has 1 aromatic heterocycles. The molecular formula is C31H33N3O7S. The molecule has 4 aromatic rings. The van der Waals surface area contributed by atoms with E-state index < -0.39 is 18.1 Å². The minimum Gasteiger partial charge on any atom is -0.492 e. The number of carboxylic acids is 1. The molecule has 1 heterocycles. The standard InChI is InChI=1S/C31H33N3O7S/c1-3-4-17-41-30(37)32-25(29(35)36)19-21-10-13-24(14-11-21)40-18-16-34-26-15-12-23(20-27(26)42-31(34)38)28(33-39-2)22-8-6-5-7-9-22/h5-15,20,25H,3-4,16-19H2,1-2H3,(H,32,37)(H,35,36). The number of benzene rings is 3. The molecule has 0 spiro atoms. The van der Waals surface area contributed by atoms with Crippen molar-refractivity contribution in [3.8, 4) is 5.75 Å². The summed E-state index contributed by atoms with van der Waals surface area (Å²) in [6.07, 6.45) is 0.928. The monoisotopic (exact) mass is 591 g/mol. The molecule has 4 rings (SSSR count). The van der Waals surface area contributed by atoms with E-state index in [9.17, 15) is 19.5 Å². The Labute approximate surface area is 247 Å². The van der Waals surface area contributed by atoms with Crippen LogP contribution >= 0.6 is 11.3 Å². The second-order valence-electron chi connectivity index (χ2n) is 9.41. The van der Waals surface area contributed by atoms with Gasteiger partial charge in [-0.3, -0.25) is 9.36 Å². The maximum atomic E-state index is 12.8. The number of aromatic nitrogens is 1. The van der Waals surface area contributed by atoms with Crippen molar-refractivity contribution < 1.29 is 29.0 Å². The minimum atomic E-state index is -1.15. The maximum Gasteiger partial charge on any atom is 0.407 e. The summed E-state index contributed by atoms with van der Waals surface area (Å²) < 4.78 is 13.4. The summed E-state index contributed by atoms with van der Waals surface area (Å²) in [5.74, 6) is -0.568. The van der Waals surface area contributed by atoms with E-state index in [0.29, 0.717) is 30.0 Å². The van der Waals surface area contributed by atoms with Gasteiger partial charge in [0.15, 0.2) is 0 Å². The Morgan fingerprint density at radius 3 is 2.48 bits per heavy atom. The Hall–Kier alpha value is -4.64. The molecule has 1 amide bonds. The number of ether oxygens (including phenoxy) is 2. The van der Waals surface area contributed by atoms with Crippen LogP contribution in [0.4, 0.5) is 4.79 Å². The predicted molar refractivity (Wildman–Crippen MR) is 162 cm³/mol. The number of unbranched alkanes of at least 4 members (excludes halogenated alkanes) is 1. The van der Waals surface area contributed by atoms with Crippen molar-refractivity contribution in [2.24, 2.45) is 5.16 Å². The Morgan fingerprint density at radius 2 is 1.79 bits per heavy atom. The average Bonchev–Trinajstić information content (AvgIpc) is 3.30. The number of aliphatic carboxylic acids is 1. The van der Waals surface area contributed by atoms with E-state index in [2.05, 4.69) is 10.5 Å². The highest BCUT2D eigenvalue weighted by molar-refractivity contribution is 7.16. The lowest BCUT2D eigenvalue weighted by Crippen LogP contribution is -2.42. The molecule has 0 aliphatic rings. The third-order valence-corrected chi connectivity index (χ3v) is 7.38. The molecule has 1 atom stereocenters. The van der Waals surface area contributed by atoms with Gasteiger partial charge in [-0.15, -0.1) is 0 Å². The largest absolute Gasteiger partial charge is 0.492 e. The molecule has 3 aromatic carbocycles. The first-order chi connectivity index (χ1) is 20.4. The third-order valence-electron chi connectivity index (χ3n) is 6.44. The number of alkyl carbamates (subject to hydrolysis) is 1. The molecule has 0 fully saturated rings. The fourth-order valence-electron chi connectivity index (χ4n) is 4.29. The maximum absolute atomic E-state index is 12.8. The molecule has 0 saturated heterocycles. The van der Waals surface area contributed by atoms with Crippen LogP contribution < -0.4 is 14.9 Å². The lowest BCUT2D eigenvalue weighted by molar-refractivity contribution is -0.139. The molecule has 0 aliphatic carbocycles. The first-order valence-corrected chi connectivity index (χ1v) is 14.4. The molecule has 0 bridgehead atoms. The van der Waals surface area contributed by atoms with Crippen LogP contribution in [0.5, 0.6) is 5.75 Å². The van der Waals surface area contributed by atoms with E-state index in [1.165, 1.54) is 7.11 Å². The van der Waals surface area contributed by atoms with Crippen LogP contribution in [-0.2, 0) is 27.3 Å². The fraction of sp³-hybridized carbons (Fsp3) is 0.290. The van der Waals surface area contributed by atoms with Crippen molar-refractivity contribution in [2.75, 3.05) is 20.3 Å².